The molecule has 0 saturated heterocycles. The van der Waals surface area contributed by atoms with Crippen LogP contribution in [-0.4, -0.2) is 14.6 Å². The first-order valence-electron chi connectivity index (χ1n) is 4.97. The van der Waals surface area contributed by atoms with E-state index < -0.39 is 0 Å². The molecule has 16 heavy (non-hydrogen) atoms. The maximum absolute atomic E-state index is 5.52. The molecule has 1 aromatic carbocycles. The summed E-state index contributed by atoms with van der Waals surface area (Å²) in [6.45, 7) is 0.455. The van der Waals surface area contributed by atoms with E-state index in [9.17, 15) is 0 Å². The van der Waals surface area contributed by atoms with Gasteiger partial charge in [0, 0.05) is 12.1 Å². The first-order valence-corrected chi connectivity index (χ1v) is 5.79. The number of fused-ring (bicyclic) bond motifs is 1. The molecule has 2 N–H and O–H groups in total. The van der Waals surface area contributed by atoms with Crippen LogP contribution >= 0.6 is 11.3 Å². The predicted molar refractivity (Wildman–Crippen MR) is 64.2 cm³/mol. The van der Waals surface area contributed by atoms with E-state index in [1.54, 1.807) is 15.9 Å². The zero-order chi connectivity index (χ0) is 11.0. The van der Waals surface area contributed by atoms with Crippen molar-refractivity contribution in [3.63, 3.8) is 0 Å². The quantitative estimate of drug-likeness (QED) is 0.731. The van der Waals surface area contributed by atoms with Gasteiger partial charge in [-0.25, -0.2) is 9.50 Å². The molecule has 0 saturated carbocycles. The molecule has 80 valence electrons. The molecule has 0 spiro atoms. The second kappa shape index (κ2) is 3.70. The number of imidazole rings is 1. The SMILES string of the molecule is NCc1cn2nc(-c3ccccc3)sc2n1. The molecule has 2 heterocycles. The minimum absolute atomic E-state index is 0.455. The molecule has 5 heteroatoms. The maximum atomic E-state index is 5.52. The molecular weight excluding hydrogens is 220 g/mol. The van der Waals surface area contributed by atoms with Crippen LogP contribution in [0, 0.1) is 0 Å². The molecule has 3 aromatic rings. The van der Waals surface area contributed by atoms with Gasteiger partial charge in [0.1, 0.15) is 5.01 Å². The Morgan fingerprint density at radius 3 is 2.75 bits per heavy atom. The number of hydrogen-bond acceptors (Lipinski definition) is 4. The lowest BCUT2D eigenvalue weighted by Gasteiger charge is -1.92. The Balaban J connectivity index is 2.10. The third-order valence-electron chi connectivity index (χ3n) is 2.32. The standard InChI is InChI=1S/C11H10N4S/c12-6-9-7-15-11(13-9)16-10(14-15)8-4-2-1-3-5-8/h1-5,7H,6,12H2. The Bertz CT molecular complexity index is 580. The van der Waals surface area contributed by atoms with Crippen LogP contribution in [0.2, 0.25) is 0 Å². The van der Waals surface area contributed by atoms with Gasteiger partial charge in [0.25, 0.3) is 0 Å². The summed E-state index contributed by atoms with van der Waals surface area (Å²) in [5, 5.41) is 5.45. The van der Waals surface area contributed by atoms with Gasteiger partial charge in [0.2, 0.25) is 4.96 Å². The number of aromatic nitrogens is 3. The summed E-state index contributed by atoms with van der Waals surface area (Å²) >= 11 is 1.57. The van der Waals surface area contributed by atoms with Crippen LogP contribution < -0.4 is 5.73 Å². The van der Waals surface area contributed by atoms with Gasteiger partial charge in [-0.3, -0.25) is 0 Å². The molecule has 0 amide bonds. The molecule has 3 rings (SSSR count). The van der Waals surface area contributed by atoms with Crippen LogP contribution in [0.25, 0.3) is 15.5 Å². The summed E-state index contributed by atoms with van der Waals surface area (Å²) < 4.78 is 1.79. The van der Waals surface area contributed by atoms with Gasteiger partial charge in [-0.05, 0) is 0 Å². The van der Waals surface area contributed by atoms with Gasteiger partial charge >= 0.3 is 0 Å². The topological polar surface area (TPSA) is 56.2 Å². The summed E-state index contributed by atoms with van der Waals surface area (Å²) in [6, 6.07) is 10.1. The Morgan fingerprint density at radius 2 is 2.06 bits per heavy atom. The zero-order valence-electron chi connectivity index (χ0n) is 8.50. The molecule has 0 aliphatic heterocycles. The maximum Gasteiger partial charge on any atom is 0.212 e. The smallest absolute Gasteiger partial charge is 0.212 e. The van der Waals surface area contributed by atoms with E-state index in [-0.39, 0.29) is 0 Å². The molecule has 0 aliphatic carbocycles. The number of nitrogens with zero attached hydrogens (tertiary/aromatic N) is 3. The molecule has 0 fully saturated rings. The highest BCUT2D eigenvalue weighted by atomic mass is 32.1. The van der Waals surface area contributed by atoms with E-state index in [4.69, 9.17) is 5.73 Å². The Hall–Kier alpha value is -1.72. The molecule has 0 aliphatic rings. The second-order valence-corrected chi connectivity index (χ2v) is 4.39. The van der Waals surface area contributed by atoms with Crippen molar-refractivity contribution in [2.45, 2.75) is 6.54 Å². The lowest BCUT2D eigenvalue weighted by molar-refractivity contribution is 0.959. The third kappa shape index (κ3) is 1.50. The van der Waals surface area contributed by atoms with Gasteiger partial charge in [-0.2, -0.15) is 5.10 Å². The van der Waals surface area contributed by atoms with E-state index in [1.807, 2.05) is 36.5 Å². The van der Waals surface area contributed by atoms with Gasteiger partial charge in [-0.1, -0.05) is 41.7 Å². The fraction of sp³-hybridized carbons (Fsp3) is 0.0909. The Labute approximate surface area is 96.4 Å². The van der Waals surface area contributed by atoms with Crippen molar-refractivity contribution in [2.75, 3.05) is 0 Å². The molecule has 2 aromatic heterocycles. The highest BCUT2D eigenvalue weighted by Gasteiger charge is 2.08. The lowest BCUT2D eigenvalue weighted by Crippen LogP contribution is -1.95. The number of rotatable bonds is 2. The van der Waals surface area contributed by atoms with Crippen LogP contribution in [0.5, 0.6) is 0 Å². The summed E-state index contributed by atoms with van der Waals surface area (Å²) in [7, 11) is 0. The molecule has 0 radical (unpaired) electrons. The lowest BCUT2D eigenvalue weighted by atomic mass is 10.2. The first kappa shape index (κ1) is 9.50. The van der Waals surface area contributed by atoms with Crippen molar-refractivity contribution in [3.05, 3.63) is 42.2 Å². The fourth-order valence-corrected chi connectivity index (χ4v) is 2.45. The van der Waals surface area contributed by atoms with Crippen LogP contribution in [0.1, 0.15) is 5.69 Å². The monoisotopic (exact) mass is 230 g/mol. The van der Waals surface area contributed by atoms with E-state index in [2.05, 4.69) is 10.1 Å². The average Bonchev–Trinajstić information content (AvgIpc) is 2.87. The number of nitrogens with two attached hydrogens (primary N) is 1. The van der Waals surface area contributed by atoms with Crippen molar-refractivity contribution in [1.82, 2.24) is 14.6 Å². The minimum atomic E-state index is 0.455. The largest absolute Gasteiger partial charge is 0.325 e. The Morgan fingerprint density at radius 1 is 1.25 bits per heavy atom. The average molecular weight is 230 g/mol. The van der Waals surface area contributed by atoms with Crippen molar-refractivity contribution >= 4 is 16.3 Å². The van der Waals surface area contributed by atoms with Crippen molar-refractivity contribution in [3.8, 4) is 10.6 Å². The first-order chi connectivity index (χ1) is 7.86. The van der Waals surface area contributed by atoms with Gasteiger partial charge in [-0.15, -0.1) is 0 Å². The van der Waals surface area contributed by atoms with E-state index in [0.29, 0.717) is 6.54 Å². The summed E-state index contributed by atoms with van der Waals surface area (Å²) in [4.78, 5) is 5.26. The molecule has 4 nitrogen and oxygen atoms in total. The minimum Gasteiger partial charge on any atom is -0.325 e. The number of hydrogen-bond donors (Lipinski definition) is 1. The normalized spacial score (nSPS) is 11.1. The summed E-state index contributed by atoms with van der Waals surface area (Å²) in [6.07, 6.45) is 1.87. The third-order valence-corrected chi connectivity index (χ3v) is 3.29. The van der Waals surface area contributed by atoms with Crippen LogP contribution in [0.3, 0.4) is 0 Å². The van der Waals surface area contributed by atoms with Crippen LogP contribution in [0.15, 0.2) is 36.5 Å². The fourth-order valence-electron chi connectivity index (χ4n) is 1.54. The van der Waals surface area contributed by atoms with Crippen molar-refractivity contribution in [1.29, 1.82) is 0 Å². The van der Waals surface area contributed by atoms with Crippen molar-refractivity contribution in [2.24, 2.45) is 5.73 Å². The summed E-state index contributed by atoms with van der Waals surface area (Å²) in [5.41, 5.74) is 7.51. The van der Waals surface area contributed by atoms with Crippen LogP contribution in [0.4, 0.5) is 0 Å². The van der Waals surface area contributed by atoms with Crippen molar-refractivity contribution < 1.29 is 0 Å². The van der Waals surface area contributed by atoms with Gasteiger partial charge < -0.3 is 5.73 Å². The van der Waals surface area contributed by atoms with E-state index in [1.165, 1.54) is 0 Å². The summed E-state index contributed by atoms with van der Waals surface area (Å²) in [5.74, 6) is 0. The molecule has 0 bridgehead atoms. The van der Waals surface area contributed by atoms with E-state index >= 15 is 0 Å². The van der Waals surface area contributed by atoms with Crippen LogP contribution in [-0.2, 0) is 6.54 Å². The highest BCUT2D eigenvalue weighted by molar-refractivity contribution is 7.19. The van der Waals surface area contributed by atoms with Gasteiger partial charge in [0.15, 0.2) is 0 Å². The predicted octanol–water partition coefficient (Wildman–Crippen LogP) is 1.92. The number of benzene rings is 1. The van der Waals surface area contributed by atoms with E-state index in [0.717, 1.165) is 21.2 Å². The molecule has 0 unspecified atom stereocenters. The Kier molecular flexibility index (Phi) is 2.19. The molecular formula is C11H10N4S. The molecule has 0 atom stereocenters. The zero-order valence-corrected chi connectivity index (χ0v) is 9.31. The highest BCUT2D eigenvalue weighted by Crippen LogP contribution is 2.24. The second-order valence-electron chi connectivity index (χ2n) is 3.44. The van der Waals surface area contributed by atoms with Gasteiger partial charge in [0.05, 0.1) is 11.9 Å².